The average Bonchev–Trinajstić information content (AvgIpc) is 2.92. The van der Waals surface area contributed by atoms with Crippen molar-refractivity contribution >= 4 is 11.7 Å². The Kier molecular flexibility index (Phi) is 2.94. The van der Waals surface area contributed by atoms with Crippen molar-refractivity contribution in [2.45, 2.75) is 13.5 Å². The highest BCUT2D eigenvalue weighted by Gasteiger charge is 2.34. The first-order valence-corrected chi connectivity index (χ1v) is 6.37. The van der Waals surface area contributed by atoms with Crippen LogP contribution in [0.25, 0.3) is 5.78 Å². The average molecular weight is 260 g/mol. The van der Waals surface area contributed by atoms with Gasteiger partial charge in [0.2, 0.25) is 5.78 Å². The highest BCUT2D eigenvalue weighted by atomic mass is 16.4. The quantitative estimate of drug-likeness (QED) is 0.887. The van der Waals surface area contributed by atoms with Crippen LogP contribution in [-0.2, 0) is 11.3 Å². The summed E-state index contributed by atoms with van der Waals surface area (Å²) in [5.74, 6) is -0.103. The van der Waals surface area contributed by atoms with Crippen LogP contribution in [0.1, 0.15) is 12.6 Å². The maximum Gasteiger partial charge on any atom is 0.308 e. The Morgan fingerprint density at radius 2 is 2.37 bits per heavy atom. The van der Waals surface area contributed by atoms with E-state index in [0.717, 1.165) is 12.2 Å². The summed E-state index contributed by atoms with van der Waals surface area (Å²) in [6, 6.07) is 1.86. The minimum absolute atomic E-state index is 0.188. The Morgan fingerprint density at radius 3 is 3.05 bits per heavy atom. The molecule has 0 aliphatic carbocycles. The molecule has 1 aliphatic rings. The molecule has 6 nitrogen and oxygen atoms in total. The van der Waals surface area contributed by atoms with Gasteiger partial charge in [-0.3, -0.25) is 14.1 Å². The highest BCUT2D eigenvalue weighted by molar-refractivity contribution is 5.71. The van der Waals surface area contributed by atoms with E-state index in [4.69, 9.17) is 5.11 Å². The largest absolute Gasteiger partial charge is 0.481 e. The van der Waals surface area contributed by atoms with E-state index in [0.29, 0.717) is 18.9 Å². The summed E-state index contributed by atoms with van der Waals surface area (Å²) in [6.45, 7) is 4.07. The first-order valence-electron chi connectivity index (χ1n) is 6.37. The predicted octanol–water partition coefficient (Wildman–Crippen LogP) is 0.882. The molecular weight excluding hydrogens is 244 g/mol. The summed E-state index contributed by atoms with van der Waals surface area (Å²) in [5.41, 5.74) is 0.928. The lowest BCUT2D eigenvalue weighted by molar-refractivity contribution is -0.142. The van der Waals surface area contributed by atoms with Crippen molar-refractivity contribution in [3.05, 3.63) is 30.4 Å². The van der Waals surface area contributed by atoms with E-state index in [2.05, 4.69) is 14.9 Å². The number of likely N-dealkylation sites (tertiary alicyclic amines) is 1. The van der Waals surface area contributed by atoms with Crippen molar-refractivity contribution in [1.82, 2.24) is 19.3 Å². The number of nitrogens with zero attached hydrogens (tertiary/aromatic N) is 4. The zero-order chi connectivity index (χ0) is 13.4. The van der Waals surface area contributed by atoms with E-state index in [1.807, 2.05) is 29.8 Å². The van der Waals surface area contributed by atoms with Gasteiger partial charge in [0.15, 0.2) is 0 Å². The zero-order valence-electron chi connectivity index (χ0n) is 10.7. The van der Waals surface area contributed by atoms with Gasteiger partial charge >= 0.3 is 5.97 Å². The van der Waals surface area contributed by atoms with Gasteiger partial charge in [0.25, 0.3) is 0 Å². The number of carbonyl (C=O) groups is 1. The molecule has 0 saturated carbocycles. The molecular formula is C13H16N4O2. The molecule has 2 aromatic rings. The van der Waals surface area contributed by atoms with E-state index in [-0.39, 0.29) is 11.8 Å². The van der Waals surface area contributed by atoms with E-state index in [9.17, 15) is 4.79 Å². The van der Waals surface area contributed by atoms with E-state index in [1.165, 1.54) is 0 Å². The summed E-state index contributed by atoms with van der Waals surface area (Å²) >= 11 is 0. The number of aliphatic carboxylic acids is 1. The Balaban J connectivity index is 1.74. The van der Waals surface area contributed by atoms with E-state index >= 15 is 0 Å². The molecule has 19 heavy (non-hydrogen) atoms. The second-order valence-corrected chi connectivity index (χ2v) is 5.18. The standard InChI is InChI=1S/C13H16N4O2/c1-9-5-16(8-11(9)12(18)19)6-10-7-17-4-2-3-14-13(17)15-10/h2-4,7,9,11H,5-6,8H2,1H3,(H,18,19)/t9-,11-/m1/s1. The van der Waals surface area contributed by atoms with Gasteiger partial charge in [0.1, 0.15) is 0 Å². The maximum absolute atomic E-state index is 11.1. The van der Waals surface area contributed by atoms with Gasteiger partial charge in [0, 0.05) is 38.2 Å². The summed E-state index contributed by atoms with van der Waals surface area (Å²) in [7, 11) is 0. The lowest BCUT2D eigenvalue weighted by Crippen LogP contribution is -2.23. The molecule has 0 radical (unpaired) electrons. The van der Waals surface area contributed by atoms with Crippen molar-refractivity contribution < 1.29 is 9.90 Å². The monoisotopic (exact) mass is 260 g/mol. The van der Waals surface area contributed by atoms with Crippen molar-refractivity contribution in [3.8, 4) is 0 Å². The second kappa shape index (κ2) is 4.62. The summed E-state index contributed by atoms with van der Waals surface area (Å²) in [5, 5.41) is 9.13. The summed E-state index contributed by atoms with van der Waals surface area (Å²) in [6.07, 6.45) is 5.57. The lowest BCUT2D eigenvalue weighted by atomic mass is 9.99. The van der Waals surface area contributed by atoms with Crippen LogP contribution in [0, 0.1) is 11.8 Å². The first kappa shape index (κ1) is 12.1. The van der Waals surface area contributed by atoms with Crippen LogP contribution >= 0.6 is 0 Å². The van der Waals surface area contributed by atoms with Gasteiger partial charge < -0.3 is 5.11 Å². The SMILES string of the molecule is C[C@@H]1CN(Cc2cn3cccnc3n2)C[C@H]1C(=O)O. The number of hydrogen-bond acceptors (Lipinski definition) is 4. The molecule has 0 unspecified atom stereocenters. The fraction of sp³-hybridized carbons (Fsp3) is 0.462. The van der Waals surface area contributed by atoms with Crippen LogP contribution in [0.4, 0.5) is 0 Å². The Labute approximate surface area is 110 Å². The van der Waals surface area contributed by atoms with Crippen molar-refractivity contribution in [3.63, 3.8) is 0 Å². The third-order valence-corrected chi connectivity index (χ3v) is 3.68. The molecule has 2 aromatic heterocycles. The minimum Gasteiger partial charge on any atom is -0.481 e. The van der Waals surface area contributed by atoms with Gasteiger partial charge in [0.05, 0.1) is 11.6 Å². The van der Waals surface area contributed by atoms with Crippen molar-refractivity contribution in [2.75, 3.05) is 13.1 Å². The molecule has 3 rings (SSSR count). The Bertz CT molecular complexity index is 576. The second-order valence-electron chi connectivity index (χ2n) is 5.18. The number of carboxylic acids is 1. The van der Waals surface area contributed by atoms with Gasteiger partial charge in [-0.15, -0.1) is 0 Å². The van der Waals surface area contributed by atoms with Crippen LogP contribution in [0.3, 0.4) is 0 Å². The Morgan fingerprint density at radius 1 is 1.53 bits per heavy atom. The molecule has 0 spiro atoms. The van der Waals surface area contributed by atoms with Crippen LogP contribution in [0.15, 0.2) is 24.7 Å². The zero-order valence-corrected chi connectivity index (χ0v) is 10.7. The molecule has 3 heterocycles. The number of aromatic nitrogens is 3. The topological polar surface area (TPSA) is 70.7 Å². The van der Waals surface area contributed by atoms with Crippen LogP contribution in [-0.4, -0.2) is 43.4 Å². The van der Waals surface area contributed by atoms with Gasteiger partial charge in [-0.2, -0.15) is 0 Å². The fourth-order valence-corrected chi connectivity index (χ4v) is 2.70. The third-order valence-electron chi connectivity index (χ3n) is 3.68. The normalized spacial score (nSPS) is 24.1. The molecule has 1 fully saturated rings. The smallest absolute Gasteiger partial charge is 0.308 e. The molecule has 1 N–H and O–H groups in total. The third kappa shape index (κ3) is 2.31. The van der Waals surface area contributed by atoms with E-state index in [1.54, 1.807) is 6.20 Å². The highest BCUT2D eigenvalue weighted by Crippen LogP contribution is 2.24. The van der Waals surface area contributed by atoms with Crippen LogP contribution in [0.2, 0.25) is 0 Å². The molecule has 0 aromatic carbocycles. The van der Waals surface area contributed by atoms with Gasteiger partial charge in [-0.05, 0) is 12.0 Å². The molecule has 1 saturated heterocycles. The molecule has 1 aliphatic heterocycles. The lowest BCUT2D eigenvalue weighted by Gasteiger charge is -2.12. The van der Waals surface area contributed by atoms with Gasteiger partial charge in [-0.25, -0.2) is 9.97 Å². The Hall–Kier alpha value is -1.95. The first-order chi connectivity index (χ1) is 9.13. The predicted molar refractivity (Wildman–Crippen MR) is 68.6 cm³/mol. The molecule has 2 atom stereocenters. The summed E-state index contributed by atoms with van der Waals surface area (Å²) in [4.78, 5) is 21.8. The number of rotatable bonds is 3. The number of hydrogen-bond donors (Lipinski definition) is 1. The number of fused-ring (bicyclic) bond motifs is 1. The van der Waals surface area contributed by atoms with Crippen LogP contribution in [0.5, 0.6) is 0 Å². The molecule has 0 amide bonds. The van der Waals surface area contributed by atoms with E-state index < -0.39 is 5.97 Å². The van der Waals surface area contributed by atoms with Gasteiger partial charge in [-0.1, -0.05) is 6.92 Å². The van der Waals surface area contributed by atoms with Crippen molar-refractivity contribution in [2.24, 2.45) is 11.8 Å². The molecule has 0 bridgehead atoms. The fourth-order valence-electron chi connectivity index (χ4n) is 2.70. The molecule has 100 valence electrons. The minimum atomic E-state index is -0.702. The van der Waals surface area contributed by atoms with Crippen LogP contribution < -0.4 is 0 Å². The number of imidazole rings is 1. The maximum atomic E-state index is 11.1. The number of carboxylic acid groups (broad SMARTS) is 1. The molecule has 6 heteroatoms. The summed E-state index contributed by atoms with van der Waals surface area (Å²) < 4.78 is 1.88. The van der Waals surface area contributed by atoms with Crippen molar-refractivity contribution in [1.29, 1.82) is 0 Å².